The highest BCUT2D eigenvalue weighted by Gasteiger charge is 2.04. The number of carbonyl (C=O) groups excluding carboxylic acids is 1. The molecule has 0 unspecified atom stereocenters. The first-order valence-electron chi connectivity index (χ1n) is 5.05. The van der Waals surface area contributed by atoms with Gasteiger partial charge in [0.15, 0.2) is 0 Å². The SMILES string of the molecule is CCOC(=O)Cc1cccc(N(C)C)c1. The average molecular weight is 207 g/mol. The van der Waals surface area contributed by atoms with Crippen molar-refractivity contribution in [2.45, 2.75) is 13.3 Å². The minimum atomic E-state index is -0.173. The Kier molecular flexibility index (Phi) is 4.16. The van der Waals surface area contributed by atoms with Crippen molar-refractivity contribution in [3.8, 4) is 0 Å². The molecule has 0 atom stereocenters. The Balaban J connectivity index is 2.69. The summed E-state index contributed by atoms with van der Waals surface area (Å²) in [5.74, 6) is -0.173. The Bertz CT molecular complexity index is 334. The first-order valence-corrected chi connectivity index (χ1v) is 5.05. The third-order valence-electron chi connectivity index (χ3n) is 2.08. The summed E-state index contributed by atoms with van der Waals surface area (Å²) in [6.45, 7) is 2.25. The monoisotopic (exact) mass is 207 g/mol. The van der Waals surface area contributed by atoms with Crippen LogP contribution in [0.5, 0.6) is 0 Å². The molecule has 0 aliphatic heterocycles. The number of anilines is 1. The lowest BCUT2D eigenvalue weighted by molar-refractivity contribution is -0.142. The van der Waals surface area contributed by atoms with E-state index in [9.17, 15) is 4.79 Å². The third-order valence-corrected chi connectivity index (χ3v) is 2.08. The molecule has 1 aromatic rings. The van der Waals surface area contributed by atoms with Crippen LogP contribution in [-0.4, -0.2) is 26.7 Å². The third kappa shape index (κ3) is 3.62. The van der Waals surface area contributed by atoms with E-state index in [2.05, 4.69) is 0 Å². The zero-order valence-electron chi connectivity index (χ0n) is 9.49. The number of nitrogens with zero attached hydrogens (tertiary/aromatic N) is 1. The van der Waals surface area contributed by atoms with Crippen molar-refractivity contribution in [1.29, 1.82) is 0 Å². The Morgan fingerprint density at radius 1 is 1.40 bits per heavy atom. The van der Waals surface area contributed by atoms with Crippen LogP contribution in [0.1, 0.15) is 12.5 Å². The first kappa shape index (κ1) is 11.6. The van der Waals surface area contributed by atoms with Gasteiger partial charge in [0, 0.05) is 19.8 Å². The topological polar surface area (TPSA) is 29.5 Å². The highest BCUT2D eigenvalue weighted by atomic mass is 16.5. The van der Waals surface area contributed by atoms with Gasteiger partial charge in [-0.1, -0.05) is 12.1 Å². The lowest BCUT2D eigenvalue weighted by Gasteiger charge is -2.13. The maximum Gasteiger partial charge on any atom is 0.310 e. The number of hydrogen-bond acceptors (Lipinski definition) is 3. The van der Waals surface area contributed by atoms with Gasteiger partial charge < -0.3 is 9.64 Å². The Labute approximate surface area is 90.7 Å². The summed E-state index contributed by atoms with van der Waals surface area (Å²) in [5.41, 5.74) is 2.08. The van der Waals surface area contributed by atoms with Gasteiger partial charge in [0.1, 0.15) is 0 Å². The lowest BCUT2D eigenvalue weighted by Crippen LogP contribution is -2.10. The van der Waals surface area contributed by atoms with E-state index in [1.165, 1.54) is 0 Å². The number of carbonyl (C=O) groups is 1. The summed E-state index contributed by atoms with van der Waals surface area (Å²) in [6.07, 6.45) is 0.343. The van der Waals surface area contributed by atoms with Gasteiger partial charge in [-0.05, 0) is 24.6 Å². The van der Waals surface area contributed by atoms with Crippen molar-refractivity contribution in [3.63, 3.8) is 0 Å². The van der Waals surface area contributed by atoms with Gasteiger partial charge in [0.05, 0.1) is 13.0 Å². The van der Waals surface area contributed by atoms with E-state index in [0.29, 0.717) is 13.0 Å². The molecule has 3 heteroatoms. The number of benzene rings is 1. The van der Waals surface area contributed by atoms with Gasteiger partial charge >= 0.3 is 5.97 Å². The molecule has 0 fully saturated rings. The fourth-order valence-electron chi connectivity index (χ4n) is 1.32. The smallest absolute Gasteiger partial charge is 0.310 e. The molecule has 3 nitrogen and oxygen atoms in total. The van der Waals surface area contributed by atoms with Crippen LogP contribution < -0.4 is 4.90 Å². The van der Waals surface area contributed by atoms with Crippen molar-refractivity contribution in [3.05, 3.63) is 29.8 Å². The molecule has 0 spiro atoms. The van der Waals surface area contributed by atoms with Crippen molar-refractivity contribution in [2.75, 3.05) is 25.6 Å². The summed E-state index contributed by atoms with van der Waals surface area (Å²) in [7, 11) is 3.95. The second-order valence-electron chi connectivity index (χ2n) is 3.55. The predicted molar refractivity (Wildman–Crippen MR) is 61.1 cm³/mol. The maximum atomic E-state index is 11.3. The van der Waals surface area contributed by atoms with Crippen LogP contribution in [0.4, 0.5) is 5.69 Å². The van der Waals surface area contributed by atoms with Crippen LogP contribution in [0.15, 0.2) is 24.3 Å². The molecule has 15 heavy (non-hydrogen) atoms. The normalized spacial score (nSPS) is 9.80. The molecule has 82 valence electrons. The van der Waals surface area contributed by atoms with E-state index >= 15 is 0 Å². The van der Waals surface area contributed by atoms with Crippen LogP contribution in [0.2, 0.25) is 0 Å². The zero-order chi connectivity index (χ0) is 11.3. The highest BCUT2D eigenvalue weighted by molar-refractivity contribution is 5.73. The Hall–Kier alpha value is -1.51. The van der Waals surface area contributed by atoms with E-state index in [4.69, 9.17) is 4.74 Å². The molecular formula is C12H17NO2. The molecule has 0 N–H and O–H groups in total. The van der Waals surface area contributed by atoms with E-state index in [1.54, 1.807) is 0 Å². The van der Waals surface area contributed by atoms with Gasteiger partial charge in [-0.15, -0.1) is 0 Å². The number of rotatable bonds is 4. The number of hydrogen-bond donors (Lipinski definition) is 0. The van der Waals surface area contributed by atoms with E-state index < -0.39 is 0 Å². The molecule has 0 aliphatic carbocycles. The van der Waals surface area contributed by atoms with Gasteiger partial charge in [-0.25, -0.2) is 0 Å². The van der Waals surface area contributed by atoms with Crippen molar-refractivity contribution >= 4 is 11.7 Å². The van der Waals surface area contributed by atoms with E-state index in [0.717, 1.165) is 11.3 Å². The largest absolute Gasteiger partial charge is 0.466 e. The minimum Gasteiger partial charge on any atom is -0.466 e. The van der Waals surface area contributed by atoms with E-state index in [-0.39, 0.29) is 5.97 Å². The van der Waals surface area contributed by atoms with Crippen LogP contribution in [-0.2, 0) is 16.0 Å². The van der Waals surface area contributed by atoms with Crippen molar-refractivity contribution < 1.29 is 9.53 Å². The quantitative estimate of drug-likeness (QED) is 0.706. The maximum absolute atomic E-state index is 11.3. The lowest BCUT2D eigenvalue weighted by atomic mass is 10.1. The second-order valence-corrected chi connectivity index (χ2v) is 3.55. The van der Waals surface area contributed by atoms with Gasteiger partial charge in [-0.2, -0.15) is 0 Å². The Morgan fingerprint density at radius 3 is 2.73 bits per heavy atom. The summed E-state index contributed by atoms with van der Waals surface area (Å²) >= 11 is 0. The molecule has 0 bridgehead atoms. The minimum absolute atomic E-state index is 0.173. The molecule has 0 saturated heterocycles. The number of esters is 1. The zero-order valence-corrected chi connectivity index (χ0v) is 9.49. The molecule has 0 saturated carbocycles. The van der Waals surface area contributed by atoms with Gasteiger partial charge in [-0.3, -0.25) is 4.79 Å². The summed E-state index contributed by atoms with van der Waals surface area (Å²) in [6, 6.07) is 7.89. The summed E-state index contributed by atoms with van der Waals surface area (Å²) < 4.78 is 4.89. The van der Waals surface area contributed by atoms with Crippen LogP contribution in [0.3, 0.4) is 0 Å². The standard InChI is InChI=1S/C12H17NO2/c1-4-15-12(14)9-10-6-5-7-11(8-10)13(2)3/h5-8H,4,9H2,1-3H3. The van der Waals surface area contributed by atoms with Crippen molar-refractivity contribution in [1.82, 2.24) is 0 Å². The van der Waals surface area contributed by atoms with Crippen LogP contribution in [0.25, 0.3) is 0 Å². The summed E-state index contributed by atoms with van der Waals surface area (Å²) in [5, 5.41) is 0. The first-order chi connectivity index (χ1) is 7.13. The molecule has 0 heterocycles. The van der Waals surface area contributed by atoms with Gasteiger partial charge in [0.2, 0.25) is 0 Å². The molecule has 1 aromatic carbocycles. The Morgan fingerprint density at radius 2 is 2.13 bits per heavy atom. The average Bonchev–Trinajstić information content (AvgIpc) is 2.18. The molecule has 0 amide bonds. The second kappa shape index (κ2) is 5.39. The molecule has 1 rings (SSSR count). The summed E-state index contributed by atoms with van der Waals surface area (Å²) in [4.78, 5) is 13.3. The number of ether oxygens (including phenoxy) is 1. The highest BCUT2D eigenvalue weighted by Crippen LogP contribution is 2.13. The van der Waals surface area contributed by atoms with Crippen LogP contribution in [0, 0.1) is 0 Å². The molecule has 0 aromatic heterocycles. The molecule has 0 radical (unpaired) electrons. The molecule has 0 aliphatic rings. The van der Waals surface area contributed by atoms with Crippen molar-refractivity contribution in [2.24, 2.45) is 0 Å². The van der Waals surface area contributed by atoms with Gasteiger partial charge in [0.25, 0.3) is 0 Å². The fraction of sp³-hybridized carbons (Fsp3) is 0.417. The van der Waals surface area contributed by atoms with Crippen LogP contribution >= 0.6 is 0 Å². The fourth-order valence-corrected chi connectivity index (χ4v) is 1.32. The predicted octanol–water partition coefficient (Wildman–Crippen LogP) is 1.86. The molecular weight excluding hydrogens is 190 g/mol. The van der Waals surface area contributed by atoms with E-state index in [1.807, 2.05) is 50.2 Å².